The Bertz CT molecular complexity index is 707. The highest BCUT2D eigenvalue weighted by atomic mass is 16.5. The van der Waals surface area contributed by atoms with Crippen LogP contribution in [0.1, 0.15) is 27.7 Å². The van der Waals surface area contributed by atoms with Gasteiger partial charge in [-0.2, -0.15) is 0 Å². The number of ether oxygens (including phenoxy) is 2. The molecule has 0 aromatic heterocycles. The summed E-state index contributed by atoms with van der Waals surface area (Å²) in [4.78, 5) is 0. The molecular formula is C22H26O2. The van der Waals surface area contributed by atoms with Gasteiger partial charge in [-0.15, -0.1) is 0 Å². The van der Waals surface area contributed by atoms with Gasteiger partial charge in [-0.25, -0.2) is 0 Å². The molecule has 126 valence electrons. The molecule has 0 aliphatic heterocycles. The van der Waals surface area contributed by atoms with Crippen molar-refractivity contribution in [1.29, 1.82) is 0 Å². The number of fused-ring (bicyclic) bond motifs is 2. The van der Waals surface area contributed by atoms with Gasteiger partial charge in [-0.3, -0.25) is 0 Å². The van der Waals surface area contributed by atoms with Crippen LogP contribution in [0.4, 0.5) is 0 Å². The van der Waals surface area contributed by atoms with Crippen LogP contribution >= 0.6 is 0 Å². The third-order valence-corrected chi connectivity index (χ3v) is 3.95. The van der Waals surface area contributed by atoms with Crippen molar-refractivity contribution in [3.8, 4) is 11.5 Å². The fourth-order valence-electron chi connectivity index (χ4n) is 2.86. The molecule has 2 heteroatoms. The van der Waals surface area contributed by atoms with Gasteiger partial charge >= 0.3 is 0 Å². The van der Waals surface area contributed by atoms with Gasteiger partial charge in [0.05, 0.1) is 13.2 Å². The summed E-state index contributed by atoms with van der Waals surface area (Å²) in [7, 11) is 0. The molecule has 0 fully saturated rings. The van der Waals surface area contributed by atoms with Crippen LogP contribution in [0.25, 0.3) is 21.5 Å². The van der Waals surface area contributed by atoms with Gasteiger partial charge in [0.1, 0.15) is 11.5 Å². The second-order valence-electron chi connectivity index (χ2n) is 7.16. The van der Waals surface area contributed by atoms with E-state index in [1.807, 2.05) is 0 Å². The lowest BCUT2D eigenvalue weighted by atomic mass is 10.0. The van der Waals surface area contributed by atoms with Crippen molar-refractivity contribution in [2.45, 2.75) is 27.7 Å². The Morgan fingerprint density at radius 2 is 0.875 bits per heavy atom. The van der Waals surface area contributed by atoms with Crippen molar-refractivity contribution in [3.63, 3.8) is 0 Å². The Morgan fingerprint density at radius 1 is 0.583 bits per heavy atom. The first kappa shape index (κ1) is 16.6. The zero-order valence-electron chi connectivity index (χ0n) is 15.0. The lowest BCUT2D eigenvalue weighted by Gasteiger charge is -2.19. The molecule has 0 amide bonds. The number of hydrogen-bond acceptors (Lipinski definition) is 2. The van der Waals surface area contributed by atoms with E-state index in [2.05, 4.69) is 76.2 Å². The molecule has 3 aromatic rings. The maximum absolute atomic E-state index is 6.22. The molecule has 0 aliphatic rings. The van der Waals surface area contributed by atoms with E-state index in [0.717, 1.165) is 33.0 Å². The minimum Gasteiger partial charge on any atom is -0.492 e. The van der Waals surface area contributed by atoms with Crippen molar-refractivity contribution in [2.24, 2.45) is 11.8 Å². The molecule has 0 heterocycles. The Morgan fingerprint density at radius 3 is 1.12 bits per heavy atom. The van der Waals surface area contributed by atoms with E-state index in [0.29, 0.717) is 25.0 Å². The van der Waals surface area contributed by atoms with Gasteiger partial charge in [0.15, 0.2) is 0 Å². The fourth-order valence-corrected chi connectivity index (χ4v) is 2.86. The summed E-state index contributed by atoms with van der Waals surface area (Å²) < 4.78 is 12.4. The fraction of sp³-hybridized carbons (Fsp3) is 0.364. The molecule has 0 saturated carbocycles. The van der Waals surface area contributed by atoms with E-state index in [-0.39, 0.29) is 0 Å². The molecule has 2 nitrogen and oxygen atoms in total. The van der Waals surface area contributed by atoms with Crippen LogP contribution < -0.4 is 9.47 Å². The number of rotatable bonds is 6. The minimum atomic E-state index is 0.486. The maximum Gasteiger partial charge on any atom is 0.135 e. The average molecular weight is 322 g/mol. The van der Waals surface area contributed by atoms with Gasteiger partial charge in [0.2, 0.25) is 0 Å². The highest BCUT2D eigenvalue weighted by Gasteiger charge is 2.16. The van der Waals surface area contributed by atoms with E-state index in [9.17, 15) is 0 Å². The second-order valence-corrected chi connectivity index (χ2v) is 7.16. The molecular weight excluding hydrogens is 296 g/mol. The third kappa shape index (κ3) is 3.33. The average Bonchev–Trinajstić information content (AvgIpc) is 2.57. The van der Waals surface area contributed by atoms with E-state index in [1.165, 1.54) is 0 Å². The Hall–Kier alpha value is -2.22. The molecule has 0 atom stereocenters. The summed E-state index contributed by atoms with van der Waals surface area (Å²) in [6, 6.07) is 16.7. The van der Waals surface area contributed by atoms with E-state index in [1.54, 1.807) is 0 Å². The molecule has 24 heavy (non-hydrogen) atoms. The van der Waals surface area contributed by atoms with Crippen LogP contribution in [0.3, 0.4) is 0 Å². The molecule has 0 radical (unpaired) electrons. The normalized spacial score (nSPS) is 11.6. The number of hydrogen-bond donors (Lipinski definition) is 0. The Labute approximate surface area is 144 Å². The second kappa shape index (κ2) is 7.12. The summed E-state index contributed by atoms with van der Waals surface area (Å²) >= 11 is 0. The van der Waals surface area contributed by atoms with Crippen LogP contribution in [0.2, 0.25) is 0 Å². The Kier molecular flexibility index (Phi) is 4.94. The van der Waals surface area contributed by atoms with Crippen LogP contribution in [0.15, 0.2) is 48.5 Å². The maximum atomic E-state index is 6.22. The van der Waals surface area contributed by atoms with Crippen molar-refractivity contribution < 1.29 is 9.47 Å². The predicted octanol–water partition coefficient (Wildman–Crippen LogP) is 6.06. The number of benzene rings is 3. The first-order valence-corrected chi connectivity index (χ1v) is 8.77. The van der Waals surface area contributed by atoms with E-state index in [4.69, 9.17) is 9.47 Å². The van der Waals surface area contributed by atoms with Gasteiger partial charge in [-0.05, 0) is 11.8 Å². The van der Waals surface area contributed by atoms with Gasteiger partial charge in [0.25, 0.3) is 0 Å². The summed E-state index contributed by atoms with van der Waals surface area (Å²) in [6.45, 7) is 10.1. The van der Waals surface area contributed by atoms with Gasteiger partial charge in [0, 0.05) is 21.5 Å². The summed E-state index contributed by atoms with van der Waals surface area (Å²) in [5.74, 6) is 2.90. The topological polar surface area (TPSA) is 18.5 Å². The zero-order chi connectivity index (χ0) is 17.1. The van der Waals surface area contributed by atoms with Crippen LogP contribution in [-0.2, 0) is 0 Å². The molecule has 3 aromatic carbocycles. The van der Waals surface area contributed by atoms with E-state index < -0.39 is 0 Å². The van der Waals surface area contributed by atoms with E-state index >= 15 is 0 Å². The van der Waals surface area contributed by atoms with Crippen LogP contribution in [0.5, 0.6) is 11.5 Å². The minimum absolute atomic E-state index is 0.486. The lowest BCUT2D eigenvalue weighted by molar-refractivity contribution is 0.273. The third-order valence-electron chi connectivity index (χ3n) is 3.95. The molecule has 0 N–H and O–H groups in total. The summed E-state index contributed by atoms with van der Waals surface area (Å²) in [5, 5.41) is 4.48. The quantitative estimate of drug-likeness (QED) is 0.513. The predicted molar refractivity (Wildman–Crippen MR) is 102 cm³/mol. The largest absolute Gasteiger partial charge is 0.492 e. The highest BCUT2D eigenvalue weighted by Crippen LogP contribution is 2.42. The first-order valence-electron chi connectivity index (χ1n) is 8.77. The highest BCUT2D eigenvalue weighted by molar-refractivity contribution is 6.11. The van der Waals surface area contributed by atoms with Crippen molar-refractivity contribution >= 4 is 21.5 Å². The van der Waals surface area contributed by atoms with Crippen molar-refractivity contribution in [1.82, 2.24) is 0 Å². The van der Waals surface area contributed by atoms with Crippen LogP contribution in [0, 0.1) is 11.8 Å². The molecule has 0 aliphatic carbocycles. The first-order chi connectivity index (χ1) is 11.6. The van der Waals surface area contributed by atoms with Crippen molar-refractivity contribution in [3.05, 3.63) is 48.5 Å². The molecule has 3 rings (SSSR count). The monoisotopic (exact) mass is 322 g/mol. The van der Waals surface area contributed by atoms with Crippen LogP contribution in [-0.4, -0.2) is 13.2 Å². The zero-order valence-corrected chi connectivity index (χ0v) is 15.0. The molecule has 0 saturated heterocycles. The standard InChI is InChI=1S/C22H26O2/c1-15(2)13-23-21-17-9-5-7-11-19(17)22(24-14-16(3)4)20-12-8-6-10-18(20)21/h5-12,15-16H,13-14H2,1-4H3. The molecule has 0 bridgehead atoms. The SMILES string of the molecule is CC(C)COc1c2ccccc2c(OCC(C)C)c2ccccc12. The smallest absolute Gasteiger partial charge is 0.135 e. The van der Waals surface area contributed by atoms with Crippen molar-refractivity contribution in [2.75, 3.05) is 13.2 Å². The molecule has 0 unspecified atom stereocenters. The van der Waals surface area contributed by atoms with Gasteiger partial charge < -0.3 is 9.47 Å². The summed E-state index contributed by atoms with van der Waals surface area (Å²) in [6.07, 6.45) is 0. The lowest BCUT2D eigenvalue weighted by Crippen LogP contribution is -2.07. The van der Waals surface area contributed by atoms with Gasteiger partial charge in [-0.1, -0.05) is 76.2 Å². The Balaban J connectivity index is 2.24. The summed E-state index contributed by atoms with van der Waals surface area (Å²) in [5.41, 5.74) is 0. The molecule has 0 spiro atoms.